The second-order valence-electron chi connectivity index (χ2n) is 7.02. The molecule has 0 spiro atoms. The molecule has 1 aromatic carbocycles. The van der Waals surface area contributed by atoms with Crippen LogP contribution in [0.25, 0.3) is 0 Å². The van der Waals surface area contributed by atoms with E-state index in [-0.39, 0.29) is 17.0 Å². The largest absolute Gasteiger partial charge is 0.447 e. The predicted molar refractivity (Wildman–Crippen MR) is 95.5 cm³/mol. The summed E-state index contributed by atoms with van der Waals surface area (Å²) in [5, 5.41) is 0.0240. The molecule has 3 heterocycles. The second-order valence-corrected chi connectivity index (χ2v) is 8.88. The lowest BCUT2D eigenvalue weighted by molar-refractivity contribution is 0.220. The summed E-state index contributed by atoms with van der Waals surface area (Å²) in [5.74, 6) is 0.400. The summed E-state index contributed by atoms with van der Waals surface area (Å²) in [6.07, 6.45) is 3.79. The van der Waals surface area contributed by atoms with Gasteiger partial charge in [-0.3, -0.25) is 4.90 Å². The molecule has 2 aromatic rings. The first-order chi connectivity index (χ1) is 12.5. The van der Waals surface area contributed by atoms with E-state index in [1.165, 1.54) is 10.4 Å². The van der Waals surface area contributed by atoms with Gasteiger partial charge in [0.2, 0.25) is 5.09 Å². The van der Waals surface area contributed by atoms with Crippen LogP contribution in [0.2, 0.25) is 0 Å². The van der Waals surface area contributed by atoms with Crippen LogP contribution in [-0.2, 0) is 16.6 Å². The van der Waals surface area contributed by atoms with Crippen LogP contribution in [0.5, 0.6) is 0 Å². The number of likely N-dealkylation sites (tertiary alicyclic amines) is 1. The van der Waals surface area contributed by atoms with Crippen LogP contribution in [0, 0.1) is 5.82 Å². The van der Waals surface area contributed by atoms with E-state index < -0.39 is 10.0 Å². The number of rotatable bonds is 5. The molecular weight excluding hydrogens is 355 g/mol. The molecule has 2 saturated heterocycles. The Kier molecular flexibility index (Phi) is 4.86. The number of benzene rings is 1. The first kappa shape index (κ1) is 17.7. The summed E-state index contributed by atoms with van der Waals surface area (Å²) < 4.78 is 45.9. The van der Waals surface area contributed by atoms with E-state index in [1.807, 2.05) is 6.07 Å². The van der Waals surface area contributed by atoms with Crippen LogP contribution in [0.4, 0.5) is 4.39 Å². The number of halogens is 1. The van der Waals surface area contributed by atoms with Crippen LogP contribution >= 0.6 is 0 Å². The number of sulfonamides is 1. The first-order valence-corrected chi connectivity index (χ1v) is 10.6. The highest BCUT2D eigenvalue weighted by molar-refractivity contribution is 7.89. The highest BCUT2D eigenvalue weighted by Gasteiger charge is 2.31. The molecule has 2 aliphatic heterocycles. The van der Waals surface area contributed by atoms with Gasteiger partial charge in [-0.05, 0) is 62.1 Å². The zero-order valence-corrected chi connectivity index (χ0v) is 15.4. The van der Waals surface area contributed by atoms with E-state index in [1.54, 1.807) is 24.3 Å². The maximum atomic E-state index is 13.5. The summed E-state index contributed by atoms with van der Waals surface area (Å²) in [7, 11) is -3.52. The highest BCUT2D eigenvalue weighted by atomic mass is 32.2. The fraction of sp³-hybridized carbons (Fsp3) is 0.474. The van der Waals surface area contributed by atoms with Crippen LogP contribution in [0.3, 0.4) is 0 Å². The molecule has 0 unspecified atom stereocenters. The van der Waals surface area contributed by atoms with E-state index in [0.717, 1.165) is 37.8 Å². The van der Waals surface area contributed by atoms with Crippen molar-refractivity contribution in [1.29, 1.82) is 0 Å². The van der Waals surface area contributed by atoms with Crippen molar-refractivity contribution in [3.63, 3.8) is 0 Å². The average molecular weight is 378 g/mol. The Labute approximate surface area is 153 Å². The average Bonchev–Trinajstić information content (AvgIpc) is 3.37. The van der Waals surface area contributed by atoms with E-state index in [9.17, 15) is 12.8 Å². The van der Waals surface area contributed by atoms with E-state index in [0.29, 0.717) is 25.4 Å². The fourth-order valence-corrected chi connectivity index (χ4v) is 5.39. The lowest BCUT2D eigenvalue weighted by Gasteiger charge is -2.23. The molecule has 26 heavy (non-hydrogen) atoms. The zero-order chi connectivity index (χ0) is 18.1. The lowest BCUT2D eigenvalue weighted by Crippen LogP contribution is -2.27. The lowest BCUT2D eigenvalue weighted by atomic mass is 10.0. The summed E-state index contributed by atoms with van der Waals surface area (Å²) in [6, 6.07) is 10.1. The molecule has 0 radical (unpaired) electrons. The maximum Gasteiger partial charge on any atom is 0.276 e. The topological polar surface area (TPSA) is 53.8 Å². The van der Waals surface area contributed by atoms with E-state index in [4.69, 9.17) is 4.42 Å². The van der Waals surface area contributed by atoms with Crippen LogP contribution in [0.1, 0.15) is 43.0 Å². The second kappa shape index (κ2) is 7.13. The number of hydrogen-bond donors (Lipinski definition) is 0. The van der Waals surface area contributed by atoms with Crippen LogP contribution < -0.4 is 0 Å². The molecule has 4 rings (SSSR count). The van der Waals surface area contributed by atoms with Gasteiger partial charge in [0.15, 0.2) is 0 Å². The molecule has 7 heteroatoms. The smallest absolute Gasteiger partial charge is 0.276 e. The molecule has 0 N–H and O–H groups in total. The molecule has 1 aromatic heterocycles. The first-order valence-electron chi connectivity index (χ1n) is 9.12. The fourth-order valence-electron chi connectivity index (χ4n) is 3.94. The molecule has 0 bridgehead atoms. The molecule has 0 saturated carbocycles. The van der Waals surface area contributed by atoms with Crippen molar-refractivity contribution in [2.75, 3.05) is 19.6 Å². The molecule has 1 atom stereocenters. The van der Waals surface area contributed by atoms with Crippen molar-refractivity contribution in [1.82, 2.24) is 9.21 Å². The van der Waals surface area contributed by atoms with E-state index >= 15 is 0 Å². The molecule has 0 amide bonds. The normalized spacial score (nSPS) is 22.3. The van der Waals surface area contributed by atoms with Gasteiger partial charge < -0.3 is 4.42 Å². The third-order valence-electron chi connectivity index (χ3n) is 5.25. The van der Waals surface area contributed by atoms with Crippen LogP contribution in [0.15, 0.2) is 45.9 Å². The van der Waals surface area contributed by atoms with Crippen molar-refractivity contribution in [2.24, 2.45) is 0 Å². The Bertz CT molecular complexity index is 874. The van der Waals surface area contributed by atoms with Gasteiger partial charge in [0.25, 0.3) is 10.0 Å². The molecule has 2 aliphatic rings. The Balaban J connectivity index is 1.50. The summed E-state index contributed by atoms with van der Waals surface area (Å²) in [4.78, 5) is 2.22. The number of nitrogens with zero attached hydrogens (tertiary/aromatic N) is 2. The Morgan fingerprint density at radius 3 is 2.65 bits per heavy atom. The predicted octanol–water partition coefficient (Wildman–Crippen LogP) is 3.54. The molecule has 140 valence electrons. The van der Waals surface area contributed by atoms with Crippen molar-refractivity contribution in [3.8, 4) is 0 Å². The number of furan rings is 1. The molecular formula is C19H23FN2O3S. The van der Waals surface area contributed by atoms with Gasteiger partial charge in [0, 0.05) is 19.1 Å². The van der Waals surface area contributed by atoms with Crippen molar-refractivity contribution < 1.29 is 17.2 Å². The van der Waals surface area contributed by atoms with Crippen LogP contribution in [-0.4, -0.2) is 37.3 Å². The zero-order valence-electron chi connectivity index (χ0n) is 14.6. The molecule has 5 nitrogen and oxygen atoms in total. The number of hydrogen-bond acceptors (Lipinski definition) is 4. The molecule has 2 fully saturated rings. The van der Waals surface area contributed by atoms with Gasteiger partial charge in [-0.1, -0.05) is 12.1 Å². The van der Waals surface area contributed by atoms with Gasteiger partial charge in [-0.25, -0.2) is 12.8 Å². The minimum Gasteiger partial charge on any atom is -0.447 e. The summed E-state index contributed by atoms with van der Waals surface area (Å²) in [6.45, 7) is 2.53. The summed E-state index contributed by atoms with van der Waals surface area (Å²) in [5.41, 5.74) is 0.957. The summed E-state index contributed by atoms with van der Waals surface area (Å²) >= 11 is 0. The van der Waals surface area contributed by atoms with Gasteiger partial charge in [0.1, 0.15) is 11.6 Å². The van der Waals surface area contributed by atoms with Gasteiger partial charge in [-0.15, -0.1) is 0 Å². The van der Waals surface area contributed by atoms with Crippen molar-refractivity contribution in [2.45, 2.75) is 43.4 Å². The Morgan fingerprint density at radius 1 is 1.08 bits per heavy atom. The SMILES string of the molecule is O=S(=O)(c1ccc(CN2CCC[C@H]2c2cccc(F)c2)o1)N1CCCC1. The maximum absolute atomic E-state index is 13.5. The van der Waals surface area contributed by atoms with Crippen molar-refractivity contribution >= 4 is 10.0 Å². The Hall–Kier alpha value is -1.70. The quantitative estimate of drug-likeness (QED) is 0.799. The van der Waals surface area contributed by atoms with Gasteiger partial charge in [-0.2, -0.15) is 4.31 Å². The molecule has 0 aliphatic carbocycles. The third kappa shape index (κ3) is 3.43. The minimum atomic E-state index is -3.52. The van der Waals surface area contributed by atoms with Crippen molar-refractivity contribution in [3.05, 3.63) is 53.5 Å². The van der Waals surface area contributed by atoms with Gasteiger partial charge >= 0.3 is 0 Å². The minimum absolute atomic E-state index is 0.0240. The monoisotopic (exact) mass is 378 g/mol. The third-order valence-corrected chi connectivity index (χ3v) is 7.03. The van der Waals surface area contributed by atoms with Gasteiger partial charge in [0.05, 0.1) is 6.54 Å². The van der Waals surface area contributed by atoms with E-state index in [2.05, 4.69) is 4.90 Å². The standard InChI is InChI=1S/C19H23FN2O3S/c20-16-6-3-5-15(13-16)18-7-4-10-21(18)14-17-8-9-19(25-17)26(23,24)22-11-1-2-12-22/h3,5-6,8-9,13,18H,1-2,4,7,10-12,14H2/t18-/m0/s1. The Morgan fingerprint density at radius 2 is 1.88 bits per heavy atom. The highest BCUT2D eigenvalue weighted by Crippen LogP contribution is 2.34.